The molecule has 0 aliphatic rings. The molecule has 0 rings (SSSR count). The number of nitrogens with zero attached hydrogens (tertiary/aromatic N) is 1. The van der Waals surface area contributed by atoms with Crippen LogP contribution in [0.5, 0.6) is 0 Å². The minimum atomic E-state index is -3.44. The van der Waals surface area contributed by atoms with Gasteiger partial charge in [-0.3, -0.25) is 0 Å². The van der Waals surface area contributed by atoms with Crippen molar-refractivity contribution < 1.29 is 14.0 Å². The lowest BCUT2D eigenvalue weighted by Gasteiger charge is -2.04. The predicted octanol–water partition coefficient (Wildman–Crippen LogP) is 1.38. The van der Waals surface area contributed by atoms with Gasteiger partial charge in [0.1, 0.15) is 0 Å². The van der Waals surface area contributed by atoms with E-state index in [4.69, 9.17) is 10.2 Å². The summed E-state index contributed by atoms with van der Waals surface area (Å²) in [5, 5.41) is 8.06. The number of hydrogen-bond acceptors (Lipinski definition) is 4. The fourth-order valence-corrected chi connectivity index (χ4v) is 2.06. The minimum Gasteiger partial charge on any atom is -0.316 e. The molecule has 6 heteroatoms. The molecule has 1 atom stereocenters. The molecular formula is C4H8NO3PS. The standard InChI is InChI=1S/C4H8NO3PS/c1-8-9(6,7)10-4-2-3-5/h2,4H2,1H3,(H,6,7). The third-order valence-corrected chi connectivity index (χ3v) is 3.85. The van der Waals surface area contributed by atoms with E-state index in [1.54, 1.807) is 0 Å². The van der Waals surface area contributed by atoms with E-state index in [2.05, 4.69) is 4.52 Å². The van der Waals surface area contributed by atoms with Crippen LogP contribution in [0.4, 0.5) is 0 Å². The lowest BCUT2D eigenvalue weighted by atomic mass is 10.6. The third-order valence-electron chi connectivity index (χ3n) is 0.699. The number of hydrogen-bond donors (Lipinski definition) is 1. The Hall–Kier alpha value is -0.01000. The van der Waals surface area contributed by atoms with Crippen LogP contribution in [-0.4, -0.2) is 17.8 Å². The molecule has 0 aliphatic heterocycles. The first-order valence-corrected chi connectivity index (χ1v) is 5.69. The van der Waals surface area contributed by atoms with E-state index in [-0.39, 0.29) is 6.42 Å². The zero-order valence-electron chi connectivity index (χ0n) is 5.48. The van der Waals surface area contributed by atoms with Crippen molar-refractivity contribution in [1.29, 1.82) is 5.26 Å². The second-order valence-corrected chi connectivity index (χ2v) is 5.52. The maximum absolute atomic E-state index is 10.6. The Morgan fingerprint density at radius 1 is 1.90 bits per heavy atom. The molecule has 0 radical (unpaired) electrons. The molecule has 0 spiro atoms. The van der Waals surface area contributed by atoms with Crippen molar-refractivity contribution in [3.63, 3.8) is 0 Å². The molecular weight excluding hydrogens is 173 g/mol. The molecule has 0 aromatic heterocycles. The molecule has 1 N–H and O–H groups in total. The first kappa shape index (κ1) is 9.99. The van der Waals surface area contributed by atoms with Gasteiger partial charge in [-0.2, -0.15) is 5.26 Å². The Kier molecular flexibility index (Phi) is 4.75. The first-order chi connectivity index (χ1) is 4.62. The first-order valence-electron chi connectivity index (χ1n) is 2.52. The van der Waals surface area contributed by atoms with Gasteiger partial charge in [-0.15, -0.1) is 0 Å². The molecule has 1 unspecified atom stereocenters. The molecule has 0 aromatic rings. The number of rotatable bonds is 4. The number of nitriles is 1. The molecule has 0 aliphatic carbocycles. The molecule has 10 heavy (non-hydrogen) atoms. The van der Waals surface area contributed by atoms with Gasteiger partial charge in [0.15, 0.2) is 0 Å². The fraction of sp³-hybridized carbons (Fsp3) is 0.750. The Balaban J connectivity index is 3.50. The summed E-state index contributed by atoms with van der Waals surface area (Å²) in [5.74, 6) is 0.331. The van der Waals surface area contributed by atoms with Crippen LogP contribution in [0.15, 0.2) is 0 Å². The molecule has 0 bridgehead atoms. The smallest absolute Gasteiger partial charge is 0.316 e. The zero-order valence-corrected chi connectivity index (χ0v) is 7.19. The van der Waals surface area contributed by atoms with Crippen LogP contribution in [0.25, 0.3) is 0 Å². The molecule has 4 nitrogen and oxygen atoms in total. The van der Waals surface area contributed by atoms with Crippen molar-refractivity contribution in [2.24, 2.45) is 0 Å². The lowest BCUT2D eigenvalue weighted by molar-refractivity contribution is 0.336. The average Bonchev–Trinajstić information content (AvgIpc) is 1.89. The average molecular weight is 181 g/mol. The Morgan fingerprint density at radius 2 is 2.50 bits per heavy atom. The van der Waals surface area contributed by atoms with E-state index < -0.39 is 6.80 Å². The normalized spacial score (nSPS) is 15.7. The van der Waals surface area contributed by atoms with Gasteiger partial charge >= 0.3 is 6.80 Å². The van der Waals surface area contributed by atoms with Crippen molar-refractivity contribution in [2.75, 3.05) is 12.9 Å². The van der Waals surface area contributed by atoms with E-state index >= 15 is 0 Å². The Morgan fingerprint density at radius 3 is 2.90 bits per heavy atom. The topological polar surface area (TPSA) is 70.3 Å². The van der Waals surface area contributed by atoms with Crippen molar-refractivity contribution in [3.8, 4) is 6.07 Å². The van der Waals surface area contributed by atoms with E-state index in [0.717, 1.165) is 11.4 Å². The van der Waals surface area contributed by atoms with Gasteiger partial charge in [-0.1, -0.05) is 0 Å². The van der Waals surface area contributed by atoms with Crippen molar-refractivity contribution in [1.82, 2.24) is 0 Å². The zero-order chi connectivity index (χ0) is 8.04. The highest BCUT2D eigenvalue weighted by Gasteiger charge is 2.16. The lowest BCUT2D eigenvalue weighted by Crippen LogP contribution is -1.80. The minimum absolute atomic E-state index is 0.262. The van der Waals surface area contributed by atoms with E-state index in [1.807, 2.05) is 6.07 Å². The molecule has 0 saturated heterocycles. The Bertz CT molecular complexity index is 178. The fourth-order valence-electron chi connectivity index (χ4n) is 0.259. The van der Waals surface area contributed by atoms with Crippen LogP contribution < -0.4 is 0 Å². The second kappa shape index (κ2) is 4.75. The van der Waals surface area contributed by atoms with Crippen LogP contribution in [0.2, 0.25) is 0 Å². The highest BCUT2D eigenvalue weighted by molar-refractivity contribution is 8.54. The molecule has 0 amide bonds. The maximum Gasteiger partial charge on any atom is 0.386 e. The highest BCUT2D eigenvalue weighted by atomic mass is 32.7. The summed E-state index contributed by atoms with van der Waals surface area (Å²) in [5.41, 5.74) is 0. The molecule has 0 aromatic carbocycles. The van der Waals surface area contributed by atoms with E-state index in [0.29, 0.717) is 5.75 Å². The largest absolute Gasteiger partial charge is 0.386 e. The van der Waals surface area contributed by atoms with Gasteiger partial charge in [0.25, 0.3) is 0 Å². The maximum atomic E-state index is 10.6. The van der Waals surface area contributed by atoms with Crippen LogP contribution in [0, 0.1) is 11.3 Å². The van der Waals surface area contributed by atoms with E-state index in [1.165, 1.54) is 7.11 Å². The van der Waals surface area contributed by atoms with Gasteiger partial charge in [0.2, 0.25) is 0 Å². The second-order valence-electron chi connectivity index (χ2n) is 1.39. The molecule has 0 heterocycles. The van der Waals surface area contributed by atoms with Gasteiger partial charge in [0, 0.05) is 19.3 Å². The van der Waals surface area contributed by atoms with Gasteiger partial charge in [-0.05, 0) is 11.4 Å². The third kappa shape index (κ3) is 4.83. The summed E-state index contributed by atoms with van der Waals surface area (Å²) in [6, 6.07) is 1.86. The highest BCUT2D eigenvalue weighted by Crippen LogP contribution is 2.54. The van der Waals surface area contributed by atoms with Crippen LogP contribution in [0.3, 0.4) is 0 Å². The molecule has 0 saturated carbocycles. The summed E-state index contributed by atoms with van der Waals surface area (Å²) < 4.78 is 14.9. The molecule has 0 fully saturated rings. The van der Waals surface area contributed by atoms with Gasteiger partial charge in [-0.25, -0.2) is 4.57 Å². The van der Waals surface area contributed by atoms with Crippen molar-refractivity contribution in [2.45, 2.75) is 6.42 Å². The predicted molar refractivity (Wildman–Crippen MR) is 39.5 cm³/mol. The molecule has 58 valence electrons. The quantitative estimate of drug-likeness (QED) is 0.524. The van der Waals surface area contributed by atoms with Crippen molar-refractivity contribution in [3.05, 3.63) is 0 Å². The van der Waals surface area contributed by atoms with Gasteiger partial charge in [0.05, 0.1) is 6.07 Å². The SMILES string of the molecule is COP(=O)(O)SCCC#N. The summed E-state index contributed by atoms with van der Waals surface area (Å²) in [6.45, 7) is -3.44. The van der Waals surface area contributed by atoms with E-state index in [9.17, 15) is 4.57 Å². The summed E-state index contributed by atoms with van der Waals surface area (Å²) in [7, 11) is 1.17. The van der Waals surface area contributed by atoms with Crippen molar-refractivity contribution >= 4 is 18.2 Å². The summed E-state index contributed by atoms with van der Waals surface area (Å²) in [4.78, 5) is 8.74. The summed E-state index contributed by atoms with van der Waals surface area (Å²) >= 11 is 0.770. The van der Waals surface area contributed by atoms with Gasteiger partial charge < -0.3 is 9.42 Å². The Labute approximate surface area is 63.5 Å². The van der Waals surface area contributed by atoms with Crippen LogP contribution >= 0.6 is 18.2 Å². The van der Waals surface area contributed by atoms with Crippen LogP contribution in [0.1, 0.15) is 6.42 Å². The monoisotopic (exact) mass is 181 g/mol. The summed E-state index contributed by atoms with van der Waals surface area (Å²) in [6.07, 6.45) is 0.262. The van der Waals surface area contributed by atoms with Crippen LogP contribution in [-0.2, 0) is 9.09 Å².